The summed E-state index contributed by atoms with van der Waals surface area (Å²) in [4.78, 5) is 12.1. The van der Waals surface area contributed by atoms with Crippen LogP contribution in [0.5, 0.6) is 5.75 Å². The summed E-state index contributed by atoms with van der Waals surface area (Å²) >= 11 is 0. The lowest BCUT2D eigenvalue weighted by Crippen LogP contribution is -2.04. The van der Waals surface area contributed by atoms with Gasteiger partial charge in [0, 0.05) is 12.1 Å². The SMILES string of the molecule is CCCCCCCCCCCC(=O)c1c(N)cccc1O. The standard InChI is InChI=1S/C18H29NO2/c1-2-3-4-5-6-7-8-9-10-13-16(20)18-15(19)12-11-14-17(18)21/h11-12,14,21H,2-10,13,19H2,1H3. The van der Waals surface area contributed by atoms with E-state index in [1.54, 1.807) is 12.1 Å². The van der Waals surface area contributed by atoms with Gasteiger partial charge in [-0.3, -0.25) is 4.79 Å². The van der Waals surface area contributed by atoms with E-state index in [0.29, 0.717) is 12.1 Å². The molecule has 3 heteroatoms. The van der Waals surface area contributed by atoms with Crippen molar-refractivity contribution in [3.63, 3.8) is 0 Å². The fourth-order valence-corrected chi connectivity index (χ4v) is 2.58. The quantitative estimate of drug-likeness (QED) is 0.339. The number of hydrogen-bond donors (Lipinski definition) is 2. The smallest absolute Gasteiger partial charge is 0.168 e. The largest absolute Gasteiger partial charge is 0.507 e. The average molecular weight is 291 g/mol. The van der Waals surface area contributed by atoms with E-state index in [0.717, 1.165) is 12.8 Å². The number of unbranched alkanes of at least 4 members (excludes halogenated alkanes) is 8. The van der Waals surface area contributed by atoms with Crippen LogP contribution in [0, 0.1) is 0 Å². The van der Waals surface area contributed by atoms with Gasteiger partial charge in [-0.1, -0.05) is 64.4 Å². The van der Waals surface area contributed by atoms with Crippen LogP contribution in [0.1, 0.15) is 81.5 Å². The summed E-state index contributed by atoms with van der Waals surface area (Å²) in [7, 11) is 0. The molecule has 0 radical (unpaired) electrons. The van der Waals surface area contributed by atoms with Crippen molar-refractivity contribution in [1.29, 1.82) is 0 Å². The molecule has 0 spiro atoms. The Hall–Kier alpha value is -1.51. The number of rotatable bonds is 11. The van der Waals surface area contributed by atoms with Crippen LogP contribution in [-0.4, -0.2) is 10.9 Å². The van der Waals surface area contributed by atoms with E-state index < -0.39 is 0 Å². The monoisotopic (exact) mass is 291 g/mol. The van der Waals surface area contributed by atoms with Gasteiger partial charge in [-0.05, 0) is 18.6 Å². The third kappa shape index (κ3) is 6.65. The topological polar surface area (TPSA) is 63.3 Å². The number of carbonyl (C=O) groups is 1. The fourth-order valence-electron chi connectivity index (χ4n) is 2.58. The Kier molecular flexibility index (Phi) is 8.56. The van der Waals surface area contributed by atoms with E-state index in [4.69, 9.17) is 5.73 Å². The molecule has 0 aromatic heterocycles. The predicted molar refractivity (Wildman–Crippen MR) is 88.7 cm³/mol. The van der Waals surface area contributed by atoms with E-state index in [-0.39, 0.29) is 17.1 Å². The number of phenols is 1. The predicted octanol–water partition coefficient (Wildman–Crippen LogP) is 5.08. The van der Waals surface area contributed by atoms with Gasteiger partial charge >= 0.3 is 0 Å². The summed E-state index contributed by atoms with van der Waals surface area (Å²) in [6.45, 7) is 2.23. The summed E-state index contributed by atoms with van der Waals surface area (Å²) in [5, 5.41) is 9.70. The molecule has 0 saturated heterocycles. The Morgan fingerprint density at radius 3 is 2.14 bits per heavy atom. The van der Waals surface area contributed by atoms with Crippen molar-refractivity contribution in [2.45, 2.75) is 71.1 Å². The van der Waals surface area contributed by atoms with Gasteiger partial charge < -0.3 is 10.8 Å². The van der Waals surface area contributed by atoms with Crippen molar-refractivity contribution in [1.82, 2.24) is 0 Å². The van der Waals surface area contributed by atoms with Crippen molar-refractivity contribution in [2.24, 2.45) is 0 Å². The molecule has 21 heavy (non-hydrogen) atoms. The highest BCUT2D eigenvalue weighted by molar-refractivity contribution is 6.03. The Morgan fingerprint density at radius 2 is 1.57 bits per heavy atom. The molecule has 0 amide bonds. The summed E-state index contributed by atoms with van der Waals surface area (Å²) in [5.41, 5.74) is 6.41. The van der Waals surface area contributed by atoms with Crippen molar-refractivity contribution < 1.29 is 9.90 Å². The van der Waals surface area contributed by atoms with Crippen molar-refractivity contribution in [3.05, 3.63) is 23.8 Å². The van der Waals surface area contributed by atoms with E-state index >= 15 is 0 Å². The summed E-state index contributed by atoms with van der Waals surface area (Å²) < 4.78 is 0. The van der Waals surface area contributed by atoms with Gasteiger partial charge in [0.25, 0.3) is 0 Å². The maximum atomic E-state index is 12.1. The van der Waals surface area contributed by atoms with E-state index in [1.807, 2.05) is 0 Å². The lowest BCUT2D eigenvalue weighted by molar-refractivity contribution is 0.0977. The minimum atomic E-state index is -0.0476. The molecule has 0 fully saturated rings. The maximum absolute atomic E-state index is 12.1. The first-order valence-electron chi connectivity index (χ1n) is 8.27. The molecule has 0 aliphatic rings. The molecule has 1 rings (SSSR count). The number of hydrogen-bond acceptors (Lipinski definition) is 3. The number of phenolic OH excluding ortho intramolecular Hbond substituents is 1. The molecule has 0 aliphatic heterocycles. The molecule has 0 aliphatic carbocycles. The zero-order valence-corrected chi connectivity index (χ0v) is 13.2. The molecular weight excluding hydrogens is 262 g/mol. The van der Waals surface area contributed by atoms with Gasteiger partial charge in [-0.25, -0.2) is 0 Å². The van der Waals surface area contributed by atoms with Crippen LogP contribution in [0.25, 0.3) is 0 Å². The van der Waals surface area contributed by atoms with Gasteiger partial charge in [0.15, 0.2) is 5.78 Å². The molecule has 0 heterocycles. The Balaban J connectivity index is 2.14. The molecule has 0 atom stereocenters. The maximum Gasteiger partial charge on any atom is 0.168 e. The Morgan fingerprint density at radius 1 is 1.00 bits per heavy atom. The van der Waals surface area contributed by atoms with Gasteiger partial charge in [0.05, 0.1) is 5.56 Å². The molecule has 0 bridgehead atoms. The first-order valence-corrected chi connectivity index (χ1v) is 8.27. The van der Waals surface area contributed by atoms with Crippen molar-refractivity contribution >= 4 is 11.5 Å². The number of aromatic hydroxyl groups is 1. The first-order chi connectivity index (χ1) is 10.2. The van der Waals surface area contributed by atoms with E-state index in [1.165, 1.54) is 51.0 Å². The highest BCUT2D eigenvalue weighted by Crippen LogP contribution is 2.25. The fraction of sp³-hybridized carbons (Fsp3) is 0.611. The lowest BCUT2D eigenvalue weighted by atomic mass is 10.0. The number of Topliss-reactive ketones (excluding diaryl/α,β-unsaturated/α-hetero) is 1. The highest BCUT2D eigenvalue weighted by Gasteiger charge is 2.13. The van der Waals surface area contributed by atoms with Crippen LogP contribution >= 0.6 is 0 Å². The van der Waals surface area contributed by atoms with Crippen LogP contribution in [0.15, 0.2) is 18.2 Å². The highest BCUT2D eigenvalue weighted by atomic mass is 16.3. The summed E-state index contributed by atoms with van der Waals surface area (Å²) in [5.74, 6) is -0.0514. The molecule has 3 N–H and O–H groups in total. The number of carbonyl (C=O) groups excluding carboxylic acids is 1. The number of ketones is 1. The lowest BCUT2D eigenvalue weighted by Gasteiger charge is -2.07. The zero-order chi connectivity index (χ0) is 15.5. The molecule has 1 aromatic carbocycles. The van der Waals surface area contributed by atoms with Gasteiger partial charge in [-0.2, -0.15) is 0 Å². The average Bonchev–Trinajstić information content (AvgIpc) is 2.45. The Bertz CT molecular complexity index is 409. The third-order valence-electron chi connectivity index (χ3n) is 3.86. The zero-order valence-electron chi connectivity index (χ0n) is 13.2. The number of anilines is 1. The van der Waals surface area contributed by atoms with Crippen LogP contribution in [0.4, 0.5) is 5.69 Å². The molecular formula is C18H29NO2. The van der Waals surface area contributed by atoms with Crippen molar-refractivity contribution in [2.75, 3.05) is 5.73 Å². The number of nitrogen functional groups attached to an aromatic ring is 1. The van der Waals surface area contributed by atoms with Crippen LogP contribution in [0.3, 0.4) is 0 Å². The number of nitrogens with two attached hydrogens (primary N) is 1. The van der Waals surface area contributed by atoms with Crippen LogP contribution < -0.4 is 5.73 Å². The molecule has 0 unspecified atom stereocenters. The molecule has 1 aromatic rings. The Labute approximate surface area is 128 Å². The van der Waals surface area contributed by atoms with Crippen LogP contribution in [-0.2, 0) is 0 Å². The molecule has 3 nitrogen and oxygen atoms in total. The van der Waals surface area contributed by atoms with Gasteiger partial charge in [-0.15, -0.1) is 0 Å². The normalized spacial score (nSPS) is 10.7. The summed E-state index contributed by atoms with van der Waals surface area (Å²) in [6, 6.07) is 4.82. The first kappa shape index (κ1) is 17.5. The second-order valence-electron chi connectivity index (χ2n) is 5.74. The third-order valence-corrected chi connectivity index (χ3v) is 3.86. The molecule has 118 valence electrons. The second-order valence-corrected chi connectivity index (χ2v) is 5.74. The number of benzene rings is 1. The van der Waals surface area contributed by atoms with E-state index in [9.17, 15) is 9.90 Å². The minimum absolute atomic E-state index is 0.00377. The van der Waals surface area contributed by atoms with Gasteiger partial charge in [0.2, 0.25) is 0 Å². The summed E-state index contributed by atoms with van der Waals surface area (Å²) in [6.07, 6.45) is 11.5. The van der Waals surface area contributed by atoms with E-state index in [2.05, 4.69) is 6.92 Å². The van der Waals surface area contributed by atoms with Crippen molar-refractivity contribution in [3.8, 4) is 5.75 Å². The second kappa shape index (κ2) is 10.3. The van der Waals surface area contributed by atoms with Gasteiger partial charge in [0.1, 0.15) is 5.75 Å². The van der Waals surface area contributed by atoms with Crippen LogP contribution in [0.2, 0.25) is 0 Å². The molecule has 0 saturated carbocycles. The minimum Gasteiger partial charge on any atom is -0.507 e.